The normalized spacial score (nSPS) is 12.8. The molecule has 0 saturated heterocycles. The third kappa shape index (κ3) is 3.09. The Balaban J connectivity index is 3.08. The van der Waals surface area contributed by atoms with E-state index in [0.717, 1.165) is 0 Å². The molecule has 0 aromatic carbocycles. The van der Waals surface area contributed by atoms with E-state index in [1.54, 1.807) is 20.0 Å². The highest BCUT2D eigenvalue weighted by Gasteiger charge is 2.23. The molecule has 0 saturated carbocycles. The summed E-state index contributed by atoms with van der Waals surface area (Å²) in [6.45, 7) is 7.30. The van der Waals surface area contributed by atoms with Crippen LogP contribution in [-0.4, -0.2) is 26.7 Å². The summed E-state index contributed by atoms with van der Waals surface area (Å²) in [6, 6.07) is -0.823. The molecule has 0 aliphatic carbocycles. The summed E-state index contributed by atoms with van der Waals surface area (Å²) < 4.78 is 1.51. The zero-order valence-electron chi connectivity index (χ0n) is 11.0. The van der Waals surface area contributed by atoms with E-state index >= 15 is 0 Å². The van der Waals surface area contributed by atoms with Crippen LogP contribution in [0.5, 0.6) is 0 Å². The van der Waals surface area contributed by atoms with Crippen LogP contribution in [0.15, 0.2) is 17.2 Å². The van der Waals surface area contributed by atoms with Gasteiger partial charge in [-0.25, -0.2) is 9.78 Å². The van der Waals surface area contributed by atoms with Crippen molar-refractivity contribution >= 4 is 11.8 Å². The van der Waals surface area contributed by atoms with Gasteiger partial charge >= 0.3 is 5.97 Å². The Morgan fingerprint density at radius 3 is 2.44 bits per heavy atom. The molecule has 1 heterocycles. The molecular formula is C12H19N3O3. The fourth-order valence-electron chi connectivity index (χ4n) is 1.59. The summed E-state index contributed by atoms with van der Waals surface area (Å²) in [5.74, 6) is -1.06. The molecule has 1 atom stereocenters. The smallest absolute Gasteiger partial charge is 0.326 e. The third-order valence-electron chi connectivity index (χ3n) is 2.65. The van der Waals surface area contributed by atoms with Gasteiger partial charge in [0.05, 0.1) is 0 Å². The topological polar surface area (TPSA) is 84.2 Å². The van der Waals surface area contributed by atoms with Gasteiger partial charge in [0.25, 0.3) is 5.56 Å². The molecule has 0 bridgehead atoms. The van der Waals surface area contributed by atoms with Crippen LogP contribution in [0.4, 0.5) is 5.82 Å². The molecule has 6 nitrogen and oxygen atoms in total. The zero-order valence-corrected chi connectivity index (χ0v) is 11.0. The number of aromatic nitrogens is 2. The second kappa shape index (κ2) is 5.66. The summed E-state index contributed by atoms with van der Waals surface area (Å²) in [7, 11) is 0. The standard InChI is InChI=1S/C12H19N3O3/c1-7(2)9(12(17)18)14-10-11(16)15(8(3)4)6-5-13-10/h5-9H,1-4H3,(H,13,14)(H,17,18). The number of carboxylic acid groups (broad SMARTS) is 1. The molecule has 0 amide bonds. The number of carboxylic acids is 1. The molecule has 0 aliphatic rings. The Morgan fingerprint density at radius 1 is 1.39 bits per heavy atom. The number of hydrogen-bond acceptors (Lipinski definition) is 4. The Labute approximate surface area is 106 Å². The highest BCUT2D eigenvalue weighted by molar-refractivity contribution is 5.77. The van der Waals surface area contributed by atoms with Gasteiger partial charge in [-0.15, -0.1) is 0 Å². The first-order chi connectivity index (χ1) is 8.34. The lowest BCUT2D eigenvalue weighted by Crippen LogP contribution is -2.38. The lowest BCUT2D eigenvalue weighted by molar-refractivity contribution is -0.138. The molecule has 1 rings (SSSR count). The molecule has 2 N–H and O–H groups in total. The molecule has 0 radical (unpaired) electrons. The molecule has 100 valence electrons. The number of aliphatic carboxylic acids is 1. The van der Waals surface area contributed by atoms with E-state index in [1.807, 2.05) is 13.8 Å². The number of carbonyl (C=O) groups is 1. The summed E-state index contributed by atoms with van der Waals surface area (Å²) in [4.78, 5) is 27.0. The lowest BCUT2D eigenvalue weighted by atomic mass is 10.1. The highest BCUT2D eigenvalue weighted by atomic mass is 16.4. The van der Waals surface area contributed by atoms with Crippen molar-refractivity contribution in [2.45, 2.75) is 39.8 Å². The Hall–Kier alpha value is -1.85. The van der Waals surface area contributed by atoms with Gasteiger partial charge < -0.3 is 15.0 Å². The highest BCUT2D eigenvalue weighted by Crippen LogP contribution is 2.08. The van der Waals surface area contributed by atoms with E-state index in [-0.39, 0.29) is 23.3 Å². The average Bonchev–Trinajstić information content (AvgIpc) is 2.26. The maximum atomic E-state index is 12.0. The Kier molecular flexibility index (Phi) is 4.47. The molecule has 0 aliphatic heterocycles. The van der Waals surface area contributed by atoms with Crippen LogP contribution in [0.3, 0.4) is 0 Å². The predicted octanol–water partition coefficient (Wildman–Crippen LogP) is 1.35. The van der Waals surface area contributed by atoms with Gasteiger partial charge in [0.2, 0.25) is 0 Å². The van der Waals surface area contributed by atoms with Gasteiger partial charge in [-0.1, -0.05) is 13.8 Å². The maximum Gasteiger partial charge on any atom is 0.326 e. The summed E-state index contributed by atoms with van der Waals surface area (Å²) in [5.41, 5.74) is -0.306. The van der Waals surface area contributed by atoms with Crippen LogP contribution >= 0.6 is 0 Å². The minimum absolute atomic E-state index is 0.00313. The fraction of sp³-hybridized carbons (Fsp3) is 0.583. The van der Waals surface area contributed by atoms with Gasteiger partial charge in [0.1, 0.15) is 6.04 Å². The number of rotatable bonds is 5. The molecule has 0 spiro atoms. The second-order valence-corrected chi connectivity index (χ2v) is 4.79. The minimum Gasteiger partial charge on any atom is -0.480 e. The zero-order chi connectivity index (χ0) is 13.9. The number of anilines is 1. The van der Waals surface area contributed by atoms with E-state index in [2.05, 4.69) is 10.3 Å². The van der Waals surface area contributed by atoms with Gasteiger partial charge in [0.15, 0.2) is 5.82 Å². The lowest BCUT2D eigenvalue weighted by Gasteiger charge is -2.19. The van der Waals surface area contributed by atoms with Gasteiger partial charge in [-0.3, -0.25) is 4.79 Å². The molecule has 18 heavy (non-hydrogen) atoms. The van der Waals surface area contributed by atoms with Crippen molar-refractivity contribution in [3.05, 3.63) is 22.7 Å². The van der Waals surface area contributed by atoms with Crippen molar-refractivity contribution in [2.24, 2.45) is 5.92 Å². The first-order valence-corrected chi connectivity index (χ1v) is 5.91. The van der Waals surface area contributed by atoms with Crippen LogP contribution in [-0.2, 0) is 4.79 Å². The van der Waals surface area contributed by atoms with Crippen molar-refractivity contribution in [1.82, 2.24) is 9.55 Å². The van der Waals surface area contributed by atoms with E-state index in [0.29, 0.717) is 0 Å². The van der Waals surface area contributed by atoms with E-state index in [9.17, 15) is 9.59 Å². The van der Waals surface area contributed by atoms with Crippen molar-refractivity contribution in [2.75, 3.05) is 5.32 Å². The molecule has 1 aromatic rings. The van der Waals surface area contributed by atoms with Crippen LogP contribution in [0, 0.1) is 5.92 Å². The number of nitrogens with zero attached hydrogens (tertiary/aromatic N) is 2. The SMILES string of the molecule is CC(C)C(Nc1nccn(C(C)C)c1=O)C(=O)O. The Morgan fingerprint density at radius 2 is 2.00 bits per heavy atom. The van der Waals surface area contributed by atoms with E-state index in [4.69, 9.17) is 5.11 Å². The first-order valence-electron chi connectivity index (χ1n) is 5.91. The Bertz CT molecular complexity index is 480. The predicted molar refractivity (Wildman–Crippen MR) is 68.8 cm³/mol. The van der Waals surface area contributed by atoms with Crippen LogP contribution in [0.25, 0.3) is 0 Å². The quantitative estimate of drug-likeness (QED) is 0.827. The first kappa shape index (κ1) is 14.2. The van der Waals surface area contributed by atoms with Crippen LogP contribution in [0.2, 0.25) is 0 Å². The average molecular weight is 253 g/mol. The number of nitrogens with one attached hydrogen (secondary N) is 1. The van der Waals surface area contributed by atoms with Gasteiger partial charge in [-0.05, 0) is 19.8 Å². The van der Waals surface area contributed by atoms with Crippen molar-refractivity contribution in [3.8, 4) is 0 Å². The molecule has 6 heteroatoms. The second-order valence-electron chi connectivity index (χ2n) is 4.79. The third-order valence-corrected chi connectivity index (χ3v) is 2.65. The molecule has 1 unspecified atom stereocenters. The fourth-order valence-corrected chi connectivity index (χ4v) is 1.59. The summed E-state index contributed by atoms with van der Waals surface area (Å²) >= 11 is 0. The van der Waals surface area contributed by atoms with Crippen molar-refractivity contribution in [1.29, 1.82) is 0 Å². The summed E-state index contributed by atoms with van der Waals surface area (Å²) in [5, 5.41) is 11.8. The van der Waals surface area contributed by atoms with E-state index in [1.165, 1.54) is 10.8 Å². The monoisotopic (exact) mass is 253 g/mol. The van der Waals surface area contributed by atoms with Crippen molar-refractivity contribution < 1.29 is 9.90 Å². The molecule has 1 aromatic heterocycles. The van der Waals surface area contributed by atoms with Crippen LogP contribution < -0.4 is 10.9 Å². The molecular weight excluding hydrogens is 234 g/mol. The minimum atomic E-state index is -0.994. The molecule has 0 fully saturated rings. The summed E-state index contributed by atoms with van der Waals surface area (Å²) in [6.07, 6.45) is 3.08. The van der Waals surface area contributed by atoms with Crippen LogP contribution in [0.1, 0.15) is 33.7 Å². The number of hydrogen-bond donors (Lipinski definition) is 2. The van der Waals surface area contributed by atoms with Gasteiger partial charge in [0, 0.05) is 18.4 Å². The van der Waals surface area contributed by atoms with Crippen molar-refractivity contribution in [3.63, 3.8) is 0 Å². The van der Waals surface area contributed by atoms with Gasteiger partial charge in [-0.2, -0.15) is 0 Å². The largest absolute Gasteiger partial charge is 0.480 e. The maximum absolute atomic E-state index is 12.0. The van der Waals surface area contributed by atoms with E-state index < -0.39 is 12.0 Å².